The van der Waals surface area contributed by atoms with Crippen LogP contribution in [0.5, 0.6) is 5.75 Å². The van der Waals surface area contributed by atoms with Gasteiger partial charge in [0.25, 0.3) is 5.91 Å². The third kappa shape index (κ3) is 5.01. The second kappa shape index (κ2) is 9.05. The predicted octanol–water partition coefficient (Wildman–Crippen LogP) is 3.85. The molecule has 0 aliphatic rings. The van der Waals surface area contributed by atoms with E-state index in [4.69, 9.17) is 14.3 Å². The number of carbonyl (C=O) groups is 2. The number of para-hydroxylation sites is 1. The number of aliphatic carboxylic acids is 1. The van der Waals surface area contributed by atoms with E-state index >= 15 is 0 Å². The van der Waals surface area contributed by atoms with Crippen LogP contribution in [-0.2, 0) is 11.2 Å². The molecule has 0 saturated heterocycles. The minimum atomic E-state index is -0.907. The van der Waals surface area contributed by atoms with Gasteiger partial charge in [-0.3, -0.25) is 9.59 Å². The summed E-state index contributed by atoms with van der Waals surface area (Å²) in [6, 6.07) is 13.5. The quantitative estimate of drug-likeness (QED) is 0.561. The Kier molecular flexibility index (Phi) is 6.29. The second-order valence-corrected chi connectivity index (χ2v) is 6.51. The molecule has 0 aliphatic heterocycles. The van der Waals surface area contributed by atoms with Gasteiger partial charge in [0.05, 0.1) is 12.3 Å². The highest BCUT2D eigenvalue weighted by Crippen LogP contribution is 2.27. The van der Waals surface area contributed by atoms with Gasteiger partial charge in [-0.25, -0.2) is 4.79 Å². The molecular weight excluding hydrogens is 374 g/mol. The van der Waals surface area contributed by atoms with Crippen molar-refractivity contribution in [1.29, 1.82) is 0 Å². The lowest BCUT2D eigenvalue weighted by Crippen LogP contribution is -2.21. The Balaban J connectivity index is 1.91. The molecule has 3 rings (SSSR count). The number of carboxylic acids is 1. The Hall–Kier alpha value is -3.61. The number of benzene rings is 2. The first-order valence-corrected chi connectivity index (χ1v) is 9.29. The molecule has 0 saturated carbocycles. The summed E-state index contributed by atoms with van der Waals surface area (Å²) in [5.41, 5.74) is 0.646. The number of carboxylic acid groups (broad SMARTS) is 1. The molecule has 29 heavy (non-hydrogen) atoms. The van der Waals surface area contributed by atoms with Crippen molar-refractivity contribution in [2.75, 3.05) is 11.9 Å². The maximum absolute atomic E-state index is 12.8. The summed E-state index contributed by atoms with van der Waals surface area (Å²) in [5, 5.41) is 12.2. The van der Waals surface area contributed by atoms with Gasteiger partial charge in [0.2, 0.25) is 0 Å². The lowest BCUT2D eigenvalue weighted by Gasteiger charge is -2.14. The van der Waals surface area contributed by atoms with E-state index in [0.29, 0.717) is 35.4 Å². The van der Waals surface area contributed by atoms with E-state index in [1.54, 1.807) is 42.5 Å². The first-order chi connectivity index (χ1) is 14.0. The van der Waals surface area contributed by atoms with E-state index in [1.807, 2.05) is 6.92 Å². The number of aryl methyl sites for hydroxylation is 1. The minimum Gasteiger partial charge on any atom is -0.491 e. The van der Waals surface area contributed by atoms with Crippen molar-refractivity contribution in [2.24, 2.45) is 0 Å². The molecule has 1 heterocycles. The molecule has 150 valence electrons. The van der Waals surface area contributed by atoms with Crippen molar-refractivity contribution >= 4 is 28.5 Å². The average molecular weight is 395 g/mol. The van der Waals surface area contributed by atoms with Crippen LogP contribution < -0.4 is 15.7 Å². The lowest BCUT2D eigenvalue weighted by atomic mass is 10.1. The number of amides is 1. The summed E-state index contributed by atoms with van der Waals surface area (Å²) in [6.07, 6.45) is 1.06. The van der Waals surface area contributed by atoms with Gasteiger partial charge in [-0.05, 0) is 42.7 Å². The van der Waals surface area contributed by atoms with Gasteiger partial charge < -0.3 is 19.6 Å². The van der Waals surface area contributed by atoms with Crippen LogP contribution in [0.25, 0.3) is 11.0 Å². The van der Waals surface area contributed by atoms with Gasteiger partial charge >= 0.3 is 11.6 Å². The summed E-state index contributed by atoms with van der Waals surface area (Å²) in [7, 11) is 0. The fraction of sp³-hybridized carbons (Fsp3) is 0.227. The Labute approximate surface area is 166 Å². The second-order valence-electron chi connectivity index (χ2n) is 6.51. The number of hydrogen-bond donors (Lipinski definition) is 2. The first kappa shape index (κ1) is 20.1. The standard InChI is InChI=1S/C22H21NO6/c1-2-11-28-19-9-7-14(8-10-20(24)25)12-17(19)23-21(26)16-13-15-5-3-4-6-18(15)29-22(16)27/h3-7,9,12-13H,2,8,10-11H2,1H3,(H,23,26)(H,24,25). The molecule has 7 nitrogen and oxygen atoms in total. The molecule has 1 aromatic heterocycles. The van der Waals surface area contributed by atoms with Crippen molar-refractivity contribution in [2.45, 2.75) is 26.2 Å². The molecule has 2 N–H and O–H groups in total. The summed E-state index contributed by atoms with van der Waals surface area (Å²) in [6.45, 7) is 2.41. The number of carbonyl (C=O) groups excluding carboxylic acids is 1. The highest BCUT2D eigenvalue weighted by atomic mass is 16.5. The van der Waals surface area contributed by atoms with Crippen LogP contribution in [0.4, 0.5) is 5.69 Å². The third-order valence-electron chi connectivity index (χ3n) is 4.27. The molecule has 0 radical (unpaired) electrons. The van der Waals surface area contributed by atoms with Gasteiger partial charge in [0.1, 0.15) is 16.9 Å². The lowest BCUT2D eigenvalue weighted by molar-refractivity contribution is -0.136. The topological polar surface area (TPSA) is 106 Å². The zero-order chi connectivity index (χ0) is 20.8. The van der Waals surface area contributed by atoms with Crippen molar-refractivity contribution in [3.05, 3.63) is 70.1 Å². The minimum absolute atomic E-state index is 0.0309. The number of rotatable bonds is 8. The number of nitrogens with one attached hydrogen (secondary N) is 1. The molecule has 0 atom stereocenters. The third-order valence-corrected chi connectivity index (χ3v) is 4.27. The molecule has 0 fully saturated rings. The summed E-state index contributed by atoms with van der Waals surface area (Å²) >= 11 is 0. The van der Waals surface area contributed by atoms with Crippen LogP contribution in [0.15, 0.2) is 57.7 Å². The molecule has 0 bridgehead atoms. The normalized spacial score (nSPS) is 10.7. The smallest absolute Gasteiger partial charge is 0.349 e. The number of ether oxygens (including phenoxy) is 1. The van der Waals surface area contributed by atoms with Crippen LogP contribution in [0.3, 0.4) is 0 Å². The van der Waals surface area contributed by atoms with E-state index in [9.17, 15) is 14.4 Å². The summed E-state index contributed by atoms with van der Waals surface area (Å²) in [4.78, 5) is 35.8. The van der Waals surface area contributed by atoms with Crippen molar-refractivity contribution in [3.63, 3.8) is 0 Å². The van der Waals surface area contributed by atoms with Crippen LogP contribution in [0, 0.1) is 0 Å². The van der Waals surface area contributed by atoms with Gasteiger partial charge in [-0.2, -0.15) is 0 Å². The van der Waals surface area contributed by atoms with E-state index in [-0.39, 0.29) is 12.0 Å². The van der Waals surface area contributed by atoms with E-state index in [2.05, 4.69) is 5.32 Å². The highest BCUT2D eigenvalue weighted by molar-refractivity contribution is 6.06. The Bertz CT molecular complexity index is 1100. The fourth-order valence-electron chi connectivity index (χ4n) is 2.83. The zero-order valence-electron chi connectivity index (χ0n) is 15.9. The maximum Gasteiger partial charge on any atom is 0.349 e. The predicted molar refractivity (Wildman–Crippen MR) is 109 cm³/mol. The Morgan fingerprint density at radius 1 is 1.14 bits per heavy atom. The molecule has 2 aromatic carbocycles. The number of fused-ring (bicyclic) bond motifs is 1. The van der Waals surface area contributed by atoms with Gasteiger partial charge in [0, 0.05) is 11.8 Å². The Morgan fingerprint density at radius 3 is 2.69 bits per heavy atom. The van der Waals surface area contributed by atoms with Crippen molar-refractivity contribution in [1.82, 2.24) is 0 Å². The van der Waals surface area contributed by atoms with E-state index in [1.165, 1.54) is 6.07 Å². The largest absolute Gasteiger partial charge is 0.491 e. The fourth-order valence-corrected chi connectivity index (χ4v) is 2.83. The van der Waals surface area contributed by atoms with Gasteiger partial charge in [-0.15, -0.1) is 0 Å². The molecule has 0 aliphatic carbocycles. The van der Waals surface area contributed by atoms with Crippen LogP contribution in [0.1, 0.15) is 35.7 Å². The number of anilines is 1. The van der Waals surface area contributed by atoms with Crippen molar-refractivity contribution < 1.29 is 23.8 Å². The highest BCUT2D eigenvalue weighted by Gasteiger charge is 2.16. The van der Waals surface area contributed by atoms with Gasteiger partial charge in [-0.1, -0.05) is 31.2 Å². The van der Waals surface area contributed by atoms with E-state index < -0.39 is 17.5 Å². The first-order valence-electron chi connectivity index (χ1n) is 9.29. The molecule has 0 unspecified atom stereocenters. The maximum atomic E-state index is 12.8. The molecular formula is C22H21NO6. The summed E-state index contributed by atoms with van der Waals surface area (Å²) in [5.74, 6) is -1.08. The Morgan fingerprint density at radius 2 is 1.93 bits per heavy atom. The molecule has 0 spiro atoms. The summed E-state index contributed by atoms with van der Waals surface area (Å²) < 4.78 is 10.9. The molecule has 3 aromatic rings. The molecule has 1 amide bonds. The number of hydrogen-bond acceptors (Lipinski definition) is 5. The van der Waals surface area contributed by atoms with Gasteiger partial charge in [0.15, 0.2) is 0 Å². The SMILES string of the molecule is CCCOc1ccc(CCC(=O)O)cc1NC(=O)c1cc2ccccc2oc1=O. The molecule has 7 heteroatoms. The zero-order valence-corrected chi connectivity index (χ0v) is 15.9. The van der Waals surface area contributed by atoms with E-state index in [0.717, 1.165) is 12.0 Å². The van der Waals surface area contributed by atoms with Crippen molar-refractivity contribution in [3.8, 4) is 5.75 Å². The monoisotopic (exact) mass is 395 g/mol. The van der Waals surface area contributed by atoms with Crippen LogP contribution in [-0.4, -0.2) is 23.6 Å². The van der Waals surface area contributed by atoms with Crippen LogP contribution >= 0.6 is 0 Å². The van der Waals surface area contributed by atoms with Crippen LogP contribution in [0.2, 0.25) is 0 Å². The average Bonchev–Trinajstić information content (AvgIpc) is 2.71.